The number of rotatable bonds is 5. The fraction of sp³-hybridized carbons (Fsp3) is 0.786. The summed E-state index contributed by atoms with van der Waals surface area (Å²) in [7, 11) is 2.95. The molecule has 1 unspecified atom stereocenters. The number of amides is 2. The lowest BCUT2D eigenvalue weighted by Crippen LogP contribution is -2.52. The van der Waals surface area contributed by atoms with Crippen molar-refractivity contribution in [2.24, 2.45) is 5.92 Å². The number of hydrogen-bond donors (Lipinski definition) is 1. The van der Waals surface area contributed by atoms with Gasteiger partial charge in [-0.25, -0.2) is 14.8 Å². The molecular weight excluding hydrogens is 272 g/mol. The maximum absolute atomic E-state index is 12.3. The summed E-state index contributed by atoms with van der Waals surface area (Å²) in [6.45, 7) is 9.15. The van der Waals surface area contributed by atoms with Crippen LogP contribution >= 0.6 is 0 Å². The van der Waals surface area contributed by atoms with Gasteiger partial charge in [0.1, 0.15) is 11.6 Å². The molecule has 7 heteroatoms. The molecule has 7 nitrogen and oxygen atoms in total. The Labute approximate surface area is 126 Å². The molecule has 0 aliphatic heterocycles. The number of hydrogen-bond acceptors (Lipinski definition) is 5. The third-order valence-electron chi connectivity index (χ3n) is 2.61. The summed E-state index contributed by atoms with van der Waals surface area (Å²) >= 11 is 0. The smallest absolute Gasteiger partial charge is 0.408 e. The molecule has 0 saturated heterocycles. The van der Waals surface area contributed by atoms with Crippen molar-refractivity contribution >= 4 is 12.0 Å². The number of nitrogens with one attached hydrogen (secondary N) is 1. The molecule has 0 aromatic heterocycles. The van der Waals surface area contributed by atoms with Gasteiger partial charge in [0, 0.05) is 14.1 Å². The molecule has 1 atom stereocenters. The molecule has 0 fully saturated rings. The first-order valence-electron chi connectivity index (χ1n) is 6.88. The molecule has 2 amide bonds. The van der Waals surface area contributed by atoms with E-state index in [1.807, 2.05) is 20.0 Å². The minimum Gasteiger partial charge on any atom is -0.444 e. The second kappa shape index (κ2) is 7.72. The highest BCUT2D eigenvalue weighted by molar-refractivity contribution is 5.85. The lowest BCUT2D eigenvalue weighted by molar-refractivity contribution is -0.142. The van der Waals surface area contributed by atoms with Gasteiger partial charge in [-0.2, -0.15) is 5.26 Å². The summed E-state index contributed by atoms with van der Waals surface area (Å²) in [6.07, 6.45) is 1.66. The summed E-state index contributed by atoms with van der Waals surface area (Å²) in [5, 5.41) is 13.7. The molecule has 1 N–H and O–H groups in total. The van der Waals surface area contributed by atoms with E-state index in [9.17, 15) is 9.59 Å². The molecule has 0 heterocycles. The molecule has 0 aliphatic rings. The molecule has 0 aliphatic carbocycles. The number of nitriles is 1. The Balaban J connectivity index is 4.92. The van der Waals surface area contributed by atoms with Gasteiger partial charge in [-0.05, 0) is 33.1 Å². The Morgan fingerprint density at radius 2 is 1.81 bits per heavy atom. The topological polar surface area (TPSA) is 85.7 Å². The fourth-order valence-electron chi connectivity index (χ4n) is 1.58. The molecular formula is C14H26N4O3. The summed E-state index contributed by atoms with van der Waals surface area (Å²) < 4.78 is 5.17. The molecule has 0 spiro atoms. The van der Waals surface area contributed by atoms with E-state index in [1.165, 1.54) is 19.1 Å². The summed E-state index contributed by atoms with van der Waals surface area (Å²) in [5.74, 6) is -0.159. The molecule has 0 radical (unpaired) electrons. The molecule has 21 heavy (non-hydrogen) atoms. The van der Waals surface area contributed by atoms with Gasteiger partial charge in [-0.3, -0.25) is 4.79 Å². The van der Waals surface area contributed by atoms with Gasteiger partial charge in [0.15, 0.2) is 6.19 Å². The van der Waals surface area contributed by atoms with Crippen molar-refractivity contribution in [2.45, 2.75) is 52.7 Å². The monoisotopic (exact) mass is 298 g/mol. The quantitative estimate of drug-likeness (QED) is 0.474. The first-order chi connectivity index (χ1) is 9.47. The number of alkyl carbamates (subject to hydrolysis) is 1. The van der Waals surface area contributed by atoms with Crippen LogP contribution in [0.25, 0.3) is 0 Å². The highest BCUT2D eigenvalue weighted by atomic mass is 16.6. The molecule has 0 aromatic rings. The average Bonchev–Trinajstić information content (AvgIpc) is 2.32. The van der Waals surface area contributed by atoms with Gasteiger partial charge >= 0.3 is 6.09 Å². The van der Waals surface area contributed by atoms with Gasteiger partial charge in [-0.1, -0.05) is 13.8 Å². The van der Waals surface area contributed by atoms with E-state index in [1.54, 1.807) is 20.8 Å². The van der Waals surface area contributed by atoms with E-state index >= 15 is 0 Å². The van der Waals surface area contributed by atoms with Gasteiger partial charge in [-0.15, -0.1) is 0 Å². The van der Waals surface area contributed by atoms with Crippen molar-refractivity contribution in [3.05, 3.63) is 0 Å². The number of nitrogens with zero attached hydrogens (tertiary/aromatic N) is 3. The Kier molecular flexibility index (Phi) is 6.99. The summed E-state index contributed by atoms with van der Waals surface area (Å²) in [4.78, 5) is 24.2. The third-order valence-corrected chi connectivity index (χ3v) is 2.61. The first kappa shape index (κ1) is 19.0. The van der Waals surface area contributed by atoms with Crippen molar-refractivity contribution in [1.29, 1.82) is 5.26 Å². The number of carbonyl (C=O) groups is 2. The Morgan fingerprint density at radius 1 is 1.29 bits per heavy atom. The summed E-state index contributed by atoms with van der Waals surface area (Å²) in [6, 6.07) is -0.736. The summed E-state index contributed by atoms with van der Waals surface area (Å²) in [5.41, 5.74) is -0.634. The van der Waals surface area contributed by atoms with E-state index in [0.717, 1.165) is 5.01 Å². The zero-order valence-electron chi connectivity index (χ0n) is 13.9. The zero-order chi connectivity index (χ0) is 16.8. The lowest BCUT2D eigenvalue weighted by Gasteiger charge is -2.29. The van der Waals surface area contributed by atoms with Crippen molar-refractivity contribution in [2.75, 3.05) is 14.1 Å². The van der Waals surface area contributed by atoms with Gasteiger partial charge in [0.25, 0.3) is 5.91 Å². The van der Waals surface area contributed by atoms with E-state index in [4.69, 9.17) is 10.00 Å². The molecule has 0 aromatic carbocycles. The highest BCUT2D eigenvalue weighted by Gasteiger charge is 2.28. The Bertz CT molecular complexity index is 409. The SMILES string of the molecule is CC(C)CC(NC(=O)OC(C)(C)C)C(=O)N(C)N(C)C#N. The van der Waals surface area contributed by atoms with Gasteiger partial charge in [0.2, 0.25) is 0 Å². The second-order valence-corrected chi connectivity index (χ2v) is 6.31. The van der Waals surface area contributed by atoms with Crippen LogP contribution in [0.1, 0.15) is 41.0 Å². The van der Waals surface area contributed by atoms with Crippen LogP contribution in [0.5, 0.6) is 0 Å². The molecule has 120 valence electrons. The first-order valence-corrected chi connectivity index (χ1v) is 6.88. The van der Waals surface area contributed by atoms with Gasteiger partial charge < -0.3 is 10.1 Å². The third kappa shape index (κ3) is 7.40. The van der Waals surface area contributed by atoms with Crippen LogP contribution in [0.15, 0.2) is 0 Å². The lowest BCUT2D eigenvalue weighted by atomic mass is 10.0. The second-order valence-electron chi connectivity index (χ2n) is 6.31. The van der Waals surface area contributed by atoms with Crippen LogP contribution < -0.4 is 5.32 Å². The van der Waals surface area contributed by atoms with Crippen LogP contribution in [0.4, 0.5) is 4.79 Å². The largest absolute Gasteiger partial charge is 0.444 e. The van der Waals surface area contributed by atoms with E-state index < -0.39 is 17.7 Å². The van der Waals surface area contributed by atoms with E-state index in [0.29, 0.717) is 6.42 Å². The number of carbonyl (C=O) groups excluding carboxylic acids is 2. The van der Waals surface area contributed by atoms with Gasteiger partial charge in [0.05, 0.1) is 0 Å². The number of likely N-dealkylation sites (N-methyl/N-ethyl adjacent to an activating group) is 1. The van der Waals surface area contributed by atoms with Crippen LogP contribution in [0, 0.1) is 17.4 Å². The van der Waals surface area contributed by atoms with Crippen molar-refractivity contribution < 1.29 is 14.3 Å². The van der Waals surface area contributed by atoms with Crippen molar-refractivity contribution in [3.8, 4) is 6.19 Å². The fourth-order valence-corrected chi connectivity index (χ4v) is 1.58. The zero-order valence-corrected chi connectivity index (χ0v) is 13.9. The van der Waals surface area contributed by atoms with Crippen molar-refractivity contribution in [3.63, 3.8) is 0 Å². The number of hydrazine groups is 1. The highest BCUT2D eigenvalue weighted by Crippen LogP contribution is 2.11. The van der Waals surface area contributed by atoms with E-state index in [2.05, 4.69) is 5.32 Å². The molecule has 0 saturated carbocycles. The standard InChI is InChI=1S/C14H26N4O3/c1-10(2)8-11(12(19)18(7)17(6)9-15)16-13(20)21-14(3,4)5/h10-11H,8H2,1-7H3,(H,16,20). The Morgan fingerprint density at radius 3 is 2.19 bits per heavy atom. The minimum atomic E-state index is -0.736. The van der Waals surface area contributed by atoms with E-state index in [-0.39, 0.29) is 11.8 Å². The van der Waals surface area contributed by atoms with Crippen LogP contribution in [-0.4, -0.2) is 47.8 Å². The molecule has 0 rings (SSSR count). The van der Waals surface area contributed by atoms with Crippen molar-refractivity contribution in [1.82, 2.24) is 15.3 Å². The van der Waals surface area contributed by atoms with Crippen LogP contribution in [0.3, 0.4) is 0 Å². The van der Waals surface area contributed by atoms with Crippen LogP contribution in [-0.2, 0) is 9.53 Å². The average molecular weight is 298 g/mol. The van der Waals surface area contributed by atoms with Crippen LogP contribution in [0.2, 0.25) is 0 Å². The normalized spacial score (nSPS) is 12.3. The maximum Gasteiger partial charge on any atom is 0.408 e. The molecule has 0 bridgehead atoms. The number of ether oxygens (including phenoxy) is 1. The Hall–Kier alpha value is -1.97. The predicted octanol–water partition coefficient (Wildman–Crippen LogP) is 1.71. The maximum atomic E-state index is 12.3. The predicted molar refractivity (Wildman–Crippen MR) is 78.8 cm³/mol. The minimum absolute atomic E-state index is 0.203.